The molecule has 0 aromatic carbocycles. The molecule has 1 saturated heterocycles. The molecular weight excluding hydrogens is 380 g/mol. The molecule has 2 aromatic rings. The number of nitrogens with zero attached hydrogens (tertiary/aromatic N) is 1. The Morgan fingerprint density at radius 2 is 2.00 bits per heavy atom. The van der Waals surface area contributed by atoms with Crippen molar-refractivity contribution in [2.24, 2.45) is 0 Å². The van der Waals surface area contributed by atoms with E-state index in [9.17, 15) is 9.59 Å². The molecule has 28 heavy (non-hydrogen) atoms. The number of ether oxygens (including phenoxy) is 2. The van der Waals surface area contributed by atoms with E-state index in [-0.39, 0.29) is 31.3 Å². The number of hydrogen-bond donors (Lipinski definition) is 1. The summed E-state index contributed by atoms with van der Waals surface area (Å²) in [6.07, 6.45) is 0.171. The average Bonchev–Trinajstić information content (AvgIpc) is 3.20. The third-order valence-electron chi connectivity index (χ3n) is 4.39. The number of morpholine rings is 1. The molecule has 2 atom stereocenters. The van der Waals surface area contributed by atoms with Gasteiger partial charge in [0, 0.05) is 24.0 Å². The van der Waals surface area contributed by atoms with Crippen molar-refractivity contribution in [2.45, 2.75) is 39.9 Å². The van der Waals surface area contributed by atoms with E-state index >= 15 is 0 Å². The van der Waals surface area contributed by atoms with Crippen molar-refractivity contribution in [3.8, 4) is 11.3 Å². The van der Waals surface area contributed by atoms with Crippen molar-refractivity contribution in [1.82, 2.24) is 4.90 Å². The van der Waals surface area contributed by atoms with E-state index in [1.807, 2.05) is 32.9 Å². The van der Waals surface area contributed by atoms with Crippen LogP contribution >= 0.6 is 11.3 Å². The Hall–Kier alpha value is -2.16. The first-order valence-corrected chi connectivity index (χ1v) is 10.3. The molecule has 0 aliphatic carbocycles. The first-order chi connectivity index (χ1) is 13.4. The second-order valence-electron chi connectivity index (χ2n) is 6.98. The second-order valence-corrected chi connectivity index (χ2v) is 7.86. The molecule has 1 fully saturated rings. The molecule has 152 valence electrons. The monoisotopic (exact) mass is 406 g/mol. The molecule has 1 aliphatic heterocycles. The van der Waals surface area contributed by atoms with Crippen LogP contribution in [-0.2, 0) is 14.3 Å². The van der Waals surface area contributed by atoms with Gasteiger partial charge in [-0.25, -0.2) is 4.79 Å². The fraction of sp³-hybridized carbons (Fsp3) is 0.500. The maximum Gasteiger partial charge on any atom is 0.341 e. The maximum atomic E-state index is 12.6. The molecule has 2 unspecified atom stereocenters. The van der Waals surface area contributed by atoms with Gasteiger partial charge in [-0.2, -0.15) is 0 Å². The zero-order valence-corrected chi connectivity index (χ0v) is 17.4. The van der Waals surface area contributed by atoms with Gasteiger partial charge in [0.1, 0.15) is 22.1 Å². The van der Waals surface area contributed by atoms with Gasteiger partial charge in [0.25, 0.3) is 0 Å². The number of hydrogen-bond acceptors (Lipinski definition) is 7. The Morgan fingerprint density at radius 1 is 1.29 bits per heavy atom. The van der Waals surface area contributed by atoms with Crippen molar-refractivity contribution in [1.29, 1.82) is 0 Å². The number of thiophene rings is 1. The fourth-order valence-corrected chi connectivity index (χ4v) is 4.35. The molecule has 0 spiro atoms. The summed E-state index contributed by atoms with van der Waals surface area (Å²) in [5.74, 6) is 0.679. The quantitative estimate of drug-likeness (QED) is 0.739. The van der Waals surface area contributed by atoms with Crippen molar-refractivity contribution < 1.29 is 23.5 Å². The highest BCUT2D eigenvalue weighted by molar-refractivity contribution is 7.15. The zero-order chi connectivity index (χ0) is 20.3. The number of anilines is 1. The Kier molecular flexibility index (Phi) is 6.53. The van der Waals surface area contributed by atoms with Crippen LogP contribution in [0.2, 0.25) is 0 Å². The van der Waals surface area contributed by atoms with Crippen LogP contribution in [0.3, 0.4) is 0 Å². The predicted molar refractivity (Wildman–Crippen MR) is 108 cm³/mol. The lowest BCUT2D eigenvalue weighted by molar-refractivity contribution is -0.121. The topological polar surface area (TPSA) is 81.0 Å². The SMILES string of the molecule is CCOC(=O)c1c(-c2ccc(C)o2)csc1NC(=O)CN1CC(C)OC(C)C1. The van der Waals surface area contributed by atoms with Crippen LogP contribution in [-0.4, -0.2) is 55.2 Å². The maximum absolute atomic E-state index is 12.6. The number of amides is 1. The number of esters is 1. The van der Waals surface area contributed by atoms with E-state index in [2.05, 4.69) is 10.2 Å². The Labute approximate surface area is 168 Å². The van der Waals surface area contributed by atoms with Crippen LogP contribution in [0.15, 0.2) is 21.9 Å². The minimum absolute atomic E-state index is 0.0853. The van der Waals surface area contributed by atoms with E-state index in [0.717, 1.165) is 5.76 Å². The zero-order valence-electron chi connectivity index (χ0n) is 16.6. The molecule has 7 nitrogen and oxygen atoms in total. The van der Waals surface area contributed by atoms with Crippen LogP contribution < -0.4 is 5.32 Å². The number of carbonyl (C=O) groups is 2. The van der Waals surface area contributed by atoms with Crippen LogP contribution in [0, 0.1) is 6.92 Å². The number of carbonyl (C=O) groups excluding carboxylic acids is 2. The standard InChI is InChI=1S/C20H26N2O5S/c1-5-25-20(24)18-15(16-7-6-12(2)27-16)11-28-19(18)21-17(23)10-22-8-13(3)26-14(4)9-22/h6-7,11,13-14H,5,8-10H2,1-4H3,(H,21,23). The minimum atomic E-state index is -0.475. The van der Waals surface area contributed by atoms with Crippen molar-refractivity contribution >= 4 is 28.2 Å². The molecule has 0 bridgehead atoms. The summed E-state index contributed by atoms with van der Waals surface area (Å²) in [5, 5.41) is 5.16. The molecule has 1 aliphatic rings. The first kappa shape index (κ1) is 20.6. The highest BCUT2D eigenvalue weighted by atomic mass is 32.1. The first-order valence-electron chi connectivity index (χ1n) is 9.40. The lowest BCUT2D eigenvalue weighted by Crippen LogP contribution is -2.48. The number of nitrogens with one attached hydrogen (secondary N) is 1. The fourth-order valence-electron chi connectivity index (χ4n) is 3.40. The summed E-state index contributed by atoms with van der Waals surface area (Å²) >= 11 is 1.29. The van der Waals surface area contributed by atoms with Gasteiger partial charge in [-0.1, -0.05) is 0 Å². The van der Waals surface area contributed by atoms with Gasteiger partial charge < -0.3 is 19.2 Å². The summed E-state index contributed by atoms with van der Waals surface area (Å²) in [5.41, 5.74) is 0.957. The summed E-state index contributed by atoms with van der Waals surface area (Å²) in [4.78, 5) is 27.2. The largest absolute Gasteiger partial charge is 0.462 e. The van der Waals surface area contributed by atoms with Gasteiger partial charge in [-0.3, -0.25) is 9.69 Å². The molecule has 3 rings (SSSR count). The molecule has 0 saturated carbocycles. The highest BCUT2D eigenvalue weighted by Crippen LogP contribution is 2.37. The predicted octanol–water partition coefficient (Wildman–Crippen LogP) is 3.54. The Bertz CT molecular complexity index is 834. The van der Waals surface area contributed by atoms with E-state index in [1.165, 1.54) is 11.3 Å². The molecule has 0 radical (unpaired) electrons. The molecule has 1 amide bonds. The third-order valence-corrected chi connectivity index (χ3v) is 5.29. The number of furan rings is 1. The minimum Gasteiger partial charge on any atom is -0.462 e. The van der Waals surface area contributed by atoms with Crippen LogP contribution in [0.4, 0.5) is 5.00 Å². The summed E-state index contributed by atoms with van der Waals surface area (Å²) in [7, 11) is 0. The molecule has 2 aromatic heterocycles. The van der Waals surface area contributed by atoms with Crippen molar-refractivity contribution in [2.75, 3.05) is 31.6 Å². The number of rotatable bonds is 6. The average molecular weight is 407 g/mol. The van der Waals surface area contributed by atoms with Gasteiger partial charge in [0.2, 0.25) is 5.91 Å². The second kappa shape index (κ2) is 8.89. The lowest BCUT2D eigenvalue weighted by atomic mass is 10.1. The van der Waals surface area contributed by atoms with Gasteiger partial charge in [0.15, 0.2) is 0 Å². The highest BCUT2D eigenvalue weighted by Gasteiger charge is 2.27. The Balaban J connectivity index is 1.78. The summed E-state index contributed by atoms with van der Waals surface area (Å²) in [6, 6.07) is 3.64. The van der Waals surface area contributed by atoms with Gasteiger partial charge in [0.05, 0.1) is 25.4 Å². The van der Waals surface area contributed by atoms with E-state index < -0.39 is 5.97 Å². The van der Waals surface area contributed by atoms with E-state index in [1.54, 1.807) is 12.3 Å². The van der Waals surface area contributed by atoms with E-state index in [0.29, 0.717) is 35.0 Å². The van der Waals surface area contributed by atoms with Crippen LogP contribution in [0.5, 0.6) is 0 Å². The molecule has 8 heteroatoms. The van der Waals surface area contributed by atoms with Crippen LogP contribution in [0.1, 0.15) is 36.9 Å². The lowest BCUT2D eigenvalue weighted by Gasteiger charge is -2.34. The van der Waals surface area contributed by atoms with Gasteiger partial charge in [-0.15, -0.1) is 11.3 Å². The summed E-state index contributed by atoms with van der Waals surface area (Å²) < 4.78 is 16.6. The third kappa shape index (κ3) is 4.81. The normalized spacial score (nSPS) is 20.1. The van der Waals surface area contributed by atoms with Crippen molar-refractivity contribution in [3.05, 3.63) is 28.8 Å². The van der Waals surface area contributed by atoms with Crippen molar-refractivity contribution in [3.63, 3.8) is 0 Å². The van der Waals surface area contributed by atoms with E-state index in [4.69, 9.17) is 13.9 Å². The van der Waals surface area contributed by atoms with Gasteiger partial charge >= 0.3 is 5.97 Å². The molecular formula is C20H26N2O5S. The van der Waals surface area contributed by atoms with Gasteiger partial charge in [-0.05, 0) is 39.8 Å². The molecule has 3 heterocycles. The van der Waals surface area contributed by atoms with Crippen LogP contribution in [0.25, 0.3) is 11.3 Å². The molecule has 1 N–H and O–H groups in total. The number of aryl methyl sites for hydroxylation is 1. The Morgan fingerprint density at radius 3 is 2.61 bits per heavy atom. The summed E-state index contributed by atoms with van der Waals surface area (Å²) in [6.45, 7) is 9.48. The smallest absolute Gasteiger partial charge is 0.341 e.